The fourth-order valence-electron chi connectivity index (χ4n) is 3.87. The number of aromatic nitrogens is 1. The Morgan fingerprint density at radius 1 is 1.32 bits per heavy atom. The highest BCUT2D eigenvalue weighted by Crippen LogP contribution is 2.40. The maximum atomic E-state index is 12.0. The second-order valence-corrected chi connectivity index (χ2v) is 8.31. The number of sulfonamides is 1. The molecule has 0 bridgehead atoms. The second-order valence-electron chi connectivity index (χ2n) is 6.40. The van der Waals surface area contributed by atoms with Crippen LogP contribution in [-0.4, -0.2) is 65.2 Å². The van der Waals surface area contributed by atoms with E-state index < -0.39 is 21.7 Å². The van der Waals surface area contributed by atoms with Crippen molar-refractivity contribution in [2.75, 3.05) is 25.9 Å². The molecular formula is C15H23N3O3S. The summed E-state index contributed by atoms with van der Waals surface area (Å²) in [6.45, 7) is 2.59. The first-order valence-electron chi connectivity index (χ1n) is 7.69. The Kier molecular flexibility index (Phi) is 4.24. The van der Waals surface area contributed by atoms with Crippen molar-refractivity contribution in [3.63, 3.8) is 0 Å². The van der Waals surface area contributed by atoms with Crippen LogP contribution in [0.5, 0.6) is 0 Å². The van der Waals surface area contributed by atoms with Crippen LogP contribution in [0.2, 0.25) is 0 Å². The number of piperidine rings is 1. The molecule has 1 spiro atoms. The molecule has 0 amide bonds. The number of hydrogen-bond donors (Lipinski definition) is 1. The summed E-state index contributed by atoms with van der Waals surface area (Å²) in [6, 6.07) is 3.93. The molecule has 122 valence electrons. The van der Waals surface area contributed by atoms with Crippen molar-refractivity contribution in [1.29, 1.82) is 0 Å². The molecule has 1 aromatic heterocycles. The van der Waals surface area contributed by atoms with Gasteiger partial charge in [-0.3, -0.25) is 9.88 Å². The van der Waals surface area contributed by atoms with Crippen molar-refractivity contribution < 1.29 is 13.5 Å². The molecule has 2 atom stereocenters. The van der Waals surface area contributed by atoms with Gasteiger partial charge in [0.1, 0.15) is 0 Å². The average Bonchev–Trinajstić information content (AvgIpc) is 2.89. The fourth-order valence-corrected chi connectivity index (χ4v) is 5.29. The number of aliphatic hydroxyl groups excluding tert-OH is 1. The number of hydrogen-bond acceptors (Lipinski definition) is 5. The highest BCUT2D eigenvalue weighted by atomic mass is 32.2. The summed E-state index contributed by atoms with van der Waals surface area (Å²) < 4.78 is 25.6. The van der Waals surface area contributed by atoms with Crippen molar-refractivity contribution in [2.45, 2.75) is 37.5 Å². The Balaban J connectivity index is 1.72. The van der Waals surface area contributed by atoms with Gasteiger partial charge in [-0.05, 0) is 37.0 Å². The summed E-state index contributed by atoms with van der Waals surface area (Å²) in [6.07, 6.45) is 6.40. The second kappa shape index (κ2) is 5.88. The lowest BCUT2D eigenvalue weighted by atomic mass is 9.83. The molecule has 2 aliphatic heterocycles. The zero-order chi connectivity index (χ0) is 15.8. The zero-order valence-electron chi connectivity index (χ0n) is 12.9. The monoisotopic (exact) mass is 325 g/mol. The van der Waals surface area contributed by atoms with Crippen molar-refractivity contribution in [3.8, 4) is 0 Å². The Bertz CT molecular complexity index is 622. The lowest BCUT2D eigenvalue weighted by Crippen LogP contribution is -2.62. The first-order valence-corrected chi connectivity index (χ1v) is 9.54. The highest BCUT2D eigenvalue weighted by molar-refractivity contribution is 7.88. The van der Waals surface area contributed by atoms with Crippen LogP contribution in [0.25, 0.3) is 0 Å². The van der Waals surface area contributed by atoms with E-state index in [1.54, 1.807) is 12.4 Å². The van der Waals surface area contributed by atoms with Crippen LogP contribution in [0.15, 0.2) is 24.5 Å². The van der Waals surface area contributed by atoms with E-state index in [9.17, 15) is 13.5 Å². The standard InChI is InChI=1S/C15H23N3O3S/c1-22(20,21)18-9-2-5-15(18)6-10-17(12-14(15)19)11-13-3-7-16-8-4-13/h3-4,7-8,14,19H,2,5-6,9-12H2,1H3/t14-,15-/m0/s1. The molecule has 7 heteroatoms. The molecule has 3 rings (SSSR count). The van der Waals surface area contributed by atoms with Gasteiger partial charge in [-0.15, -0.1) is 0 Å². The predicted octanol–water partition coefficient (Wildman–Crippen LogP) is 0.442. The van der Waals surface area contributed by atoms with Crippen LogP contribution in [0.3, 0.4) is 0 Å². The minimum absolute atomic E-state index is 0.508. The molecule has 2 aliphatic rings. The summed E-state index contributed by atoms with van der Waals surface area (Å²) >= 11 is 0. The molecular weight excluding hydrogens is 302 g/mol. The lowest BCUT2D eigenvalue weighted by molar-refractivity contribution is -0.0380. The number of β-amino-alcohol motifs (C(OH)–C–C–N with tert-alkyl or cyclic N) is 1. The number of rotatable bonds is 3. The summed E-state index contributed by atoms with van der Waals surface area (Å²) in [5.41, 5.74) is 0.562. The number of pyridine rings is 1. The van der Waals surface area contributed by atoms with Crippen LogP contribution in [0.4, 0.5) is 0 Å². The van der Waals surface area contributed by atoms with Crippen LogP contribution in [-0.2, 0) is 16.6 Å². The maximum absolute atomic E-state index is 12.0. The highest BCUT2D eigenvalue weighted by Gasteiger charge is 2.52. The van der Waals surface area contributed by atoms with Crippen molar-refractivity contribution in [3.05, 3.63) is 30.1 Å². The maximum Gasteiger partial charge on any atom is 0.211 e. The van der Waals surface area contributed by atoms with E-state index in [0.717, 1.165) is 31.5 Å². The van der Waals surface area contributed by atoms with Gasteiger partial charge >= 0.3 is 0 Å². The molecule has 2 fully saturated rings. The van der Waals surface area contributed by atoms with Gasteiger partial charge < -0.3 is 5.11 Å². The lowest BCUT2D eigenvalue weighted by Gasteiger charge is -2.47. The SMILES string of the molecule is CS(=O)(=O)N1CCC[C@@]12CCN(Cc1ccncc1)C[C@@H]2O. The van der Waals surface area contributed by atoms with Crippen LogP contribution in [0.1, 0.15) is 24.8 Å². The summed E-state index contributed by atoms with van der Waals surface area (Å²) in [5, 5.41) is 10.7. The molecule has 0 aromatic carbocycles. The molecule has 1 aromatic rings. The van der Waals surface area contributed by atoms with Gasteiger partial charge in [-0.25, -0.2) is 8.42 Å². The Morgan fingerprint density at radius 2 is 2.05 bits per heavy atom. The van der Waals surface area contributed by atoms with E-state index in [2.05, 4.69) is 9.88 Å². The minimum atomic E-state index is -3.27. The van der Waals surface area contributed by atoms with Gasteiger partial charge in [0.25, 0.3) is 0 Å². The van der Waals surface area contributed by atoms with E-state index in [-0.39, 0.29) is 0 Å². The molecule has 0 radical (unpaired) electrons. The molecule has 22 heavy (non-hydrogen) atoms. The first-order chi connectivity index (χ1) is 10.4. The Morgan fingerprint density at radius 3 is 2.68 bits per heavy atom. The van der Waals surface area contributed by atoms with E-state index in [0.29, 0.717) is 19.5 Å². The summed E-state index contributed by atoms with van der Waals surface area (Å²) in [7, 11) is -3.27. The van der Waals surface area contributed by atoms with Gasteiger partial charge in [-0.1, -0.05) is 0 Å². The van der Waals surface area contributed by atoms with Gasteiger partial charge in [-0.2, -0.15) is 4.31 Å². The third kappa shape index (κ3) is 2.90. The molecule has 2 saturated heterocycles. The van der Waals surface area contributed by atoms with E-state index in [4.69, 9.17) is 0 Å². The van der Waals surface area contributed by atoms with E-state index >= 15 is 0 Å². The van der Waals surface area contributed by atoms with Gasteiger partial charge in [0.15, 0.2) is 0 Å². The van der Waals surface area contributed by atoms with E-state index in [1.165, 1.54) is 10.6 Å². The van der Waals surface area contributed by atoms with Crippen LogP contribution >= 0.6 is 0 Å². The van der Waals surface area contributed by atoms with Gasteiger partial charge in [0.2, 0.25) is 10.0 Å². The molecule has 0 unspecified atom stereocenters. The van der Waals surface area contributed by atoms with Crippen LogP contribution < -0.4 is 0 Å². The summed E-state index contributed by atoms with van der Waals surface area (Å²) in [5.74, 6) is 0. The Labute approximate surface area is 131 Å². The third-order valence-electron chi connectivity index (χ3n) is 4.94. The average molecular weight is 325 g/mol. The van der Waals surface area contributed by atoms with Gasteiger partial charge in [0, 0.05) is 38.6 Å². The minimum Gasteiger partial charge on any atom is -0.390 e. The van der Waals surface area contributed by atoms with Crippen molar-refractivity contribution >= 4 is 10.0 Å². The van der Waals surface area contributed by atoms with E-state index in [1.807, 2.05) is 12.1 Å². The molecule has 6 nitrogen and oxygen atoms in total. The normalized spacial score (nSPS) is 30.9. The number of nitrogens with zero attached hydrogens (tertiary/aromatic N) is 3. The van der Waals surface area contributed by atoms with Crippen LogP contribution in [0, 0.1) is 0 Å². The predicted molar refractivity (Wildman–Crippen MR) is 83.7 cm³/mol. The Hall–Kier alpha value is -1.02. The number of aliphatic hydroxyl groups is 1. The van der Waals surface area contributed by atoms with Crippen molar-refractivity contribution in [1.82, 2.24) is 14.2 Å². The number of likely N-dealkylation sites (tertiary alicyclic amines) is 1. The zero-order valence-corrected chi connectivity index (χ0v) is 13.7. The first kappa shape index (κ1) is 15.9. The smallest absolute Gasteiger partial charge is 0.211 e. The van der Waals surface area contributed by atoms with Crippen molar-refractivity contribution in [2.24, 2.45) is 0 Å². The quantitative estimate of drug-likeness (QED) is 0.873. The molecule has 1 N–H and O–H groups in total. The largest absolute Gasteiger partial charge is 0.390 e. The molecule has 0 saturated carbocycles. The summed E-state index contributed by atoms with van der Waals surface area (Å²) in [4.78, 5) is 6.19. The molecule has 0 aliphatic carbocycles. The van der Waals surface area contributed by atoms with Gasteiger partial charge in [0.05, 0.1) is 17.9 Å². The third-order valence-corrected chi connectivity index (χ3v) is 6.28. The molecule has 3 heterocycles. The topological polar surface area (TPSA) is 73.7 Å². The fraction of sp³-hybridized carbons (Fsp3) is 0.667.